The minimum absolute atomic E-state index is 0.0112. The topological polar surface area (TPSA) is 6.48 Å². The van der Waals surface area contributed by atoms with Crippen molar-refractivity contribution in [1.29, 1.82) is 0 Å². The summed E-state index contributed by atoms with van der Waals surface area (Å²) in [5, 5.41) is 0. The van der Waals surface area contributed by atoms with E-state index in [0.29, 0.717) is 0 Å². The highest BCUT2D eigenvalue weighted by Crippen LogP contribution is 2.64. The van der Waals surface area contributed by atoms with Gasteiger partial charge in [-0.15, -0.1) is 0 Å². The highest BCUT2D eigenvalue weighted by Gasteiger charge is 2.55. The SMILES string of the molecule is Cc1cc2c3c(c1)N(c1ccc(C(C)(C)C)cc1C)c1ccc(C(C)(C)C)cc1B3c1ccc(/C=C3\c4ccc(C(C)(C)C)cc4C4(C)CCCCCC34C)cc1N2c1ccc(C(C)(C)C)cc1. The summed E-state index contributed by atoms with van der Waals surface area (Å²) in [7, 11) is 0. The average Bonchev–Trinajstić information content (AvgIpc) is 3.32. The van der Waals surface area contributed by atoms with E-state index in [4.69, 9.17) is 0 Å². The monoisotopic (exact) mass is 897 g/mol. The number of rotatable bonds is 3. The Kier molecular flexibility index (Phi) is 10.7. The van der Waals surface area contributed by atoms with Crippen LogP contribution in [-0.2, 0) is 27.1 Å². The van der Waals surface area contributed by atoms with Gasteiger partial charge in [0.1, 0.15) is 0 Å². The van der Waals surface area contributed by atoms with E-state index >= 15 is 0 Å². The van der Waals surface area contributed by atoms with E-state index in [1.807, 2.05) is 0 Å². The normalized spacial score (nSPS) is 20.7. The van der Waals surface area contributed by atoms with Crippen LogP contribution in [0.4, 0.5) is 34.1 Å². The molecule has 2 heterocycles. The molecular formula is C65H77BN2. The molecule has 2 atom stereocenters. The quantitative estimate of drug-likeness (QED) is 0.163. The van der Waals surface area contributed by atoms with Crippen molar-refractivity contribution in [1.82, 2.24) is 0 Å². The number of allylic oxidation sites excluding steroid dienone is 1. The van der Waals surface area contributed by atoms with E-state index in [1.54, 1.807) is 5.56 Å². The van der Waals surface area contributed by atoms with Crippen molar-refractivity contribution in [2.24, 2.45) is 5.41 Å². The number of anilines is 6. The van der Waals surface area contributed by atoms with Gasteiger partial charge < -0.3 is 9.80 Å². The zero-order valence-corrected chi connectivity index (χ0v) is 44.5. The van der Waals surface area contributed by atoms with Crippen LogP contribution in [0.3, 0.4) is 0 Å². The maximum absolute atomic E-state index is 2.62. The number of nitrogens with zero attached hydrogens (tertiary/aromatic N) is 2. The molecule has 1 saturated carbocycles. The fourth-order valence-electron chi connectivity index (χ4n) is 12.7. The molecule has 0 spiro atoms. The lowest BCUT2D eigenvalue weighted by molar-refractivity contribution is 0.230. The van der Waals surface area contributed by atoms with Crippen molar-refractivity contribution in [3.05, 3.63) is 159 Å². The molecule has 0 N–H and O–H groups in total. The third-order valence-electron chi connectivity index (χ3n) is 17.1. The number of hydrogen-bond acceptors (Lipinski definition) is 2. The molecule has 2 aliphatic carbocycles. The zero-order chi connectivity index (χ0) is 48.7. The van der Waals surface area contributed by atoms with Gasteiger partial charge >= 0.3 is 0 Å². The standard InChI is InChI=1S/C65H77BN2/c1-41-34-57-59-58(35-41)68(54-30-24-45(36-42(54)2)61(6,7)8)55-31-25-47(63(12,13)14)40-53(55)66(59)52-29-20-43(38-56(52)67(57)48-26-21-44(22-27-48)60(3,4)5)37-50-49-28-23-46(62(9,10)11)39-51(49)65(16)33-19-17-18-32-64(50,65)15/h20-31,34-40H,17-19,32-33H2,1-16H3/b50-37+. The molecule has 2 unspecified atom stereocenters. The van der Waals surface area contributed by atoms with Crippen molar-refractivity contribution in [2.75, 3.05) is 9.80 Å². The maximum atomic E-state index is 2.62. The van der Waals surface area contributed by atoms with E-state index in [0.717, 1.165) is 0 Å². The third kappa shape index (κ3) is 7.35. The first kappa shape index (κ1) is 46.5. The molecular weight excluding hydrogens is 820 g/mol. The predicted octanol–water partition coefficient (Wildman–Crippen LogP) is 16.4. The van der Waals surface area contributed by atoms with Crippen LogP contribution in [0.5, 0.6) is 0 Å². The highest BCUT2D eigenvalue weighted by molar-refractivity contribution is 7.00. The summed E-state index contributed by atoms with van der Waals surface area (Å²) in [6.45, 7) is 37.9. The summed E-state index contributed by atoms with van der Waals surface area (Å²) >= 11 is 0. The molecule has 0 aromatic heterocycles. The summed E-state index contributed by atoms with van der Waals surface area (Å²) < 4.78 is 0. The molecule has 2 nitrogen and oxygen atoms in total. The van der Waals surface area contributed by atoms with E-state index in [1.165, 1.54) is 133 Å². The van der Waals surface area contributed by atoms with Gasteiger partial charge in [0.15, 0.2) is 0 Å². The van der Waals surface area contributed by atoms with Crippen LogP contribution in [0, 0.1) is 19.3 Å². The minimum atomic E-state index is -0.0112. The predicted molar refractivity (Wildman–Crippen MR) is 298 cm³/mol. The highest BCUT2D eigenvalue weighted by atomic mass is 15.2. The molecule has 2 aliphatic heterocycles. The van der Waals surface area contributed by atoms with Crippen LogP contribution in [0.15, 0.2) is 109 Å². The Bertz CT molecular complexity index is 3030. The van der Waals surface area contributed by atoms with E-state index in [-0.39, 0.29) is 39.2 Å². The Labute approximate surface area is 411 Å². The van der Waals surface area contributed by atoms with E-state index < -0.39 is 0 Å². The molecule has 350 valence electrons. The number of benzene rings is 6. The van der Waals surface area contributed by atoms with Gasteiger partial charge in [-0.05, 0) is 163 Å². The van der Waals surface area contributed by atoms with Crippen LogP contribution in [0.1, 0.15) is 179 Å². The summed E-state index contributed by atoms with van der Waals surface area (Å²) in [6, 6.07) is 44.0. The van der Waals surface area contributed by atoms with Crippen LogP contribution in [0.2, 0.25) is 0 Å². The van der Waals surface area contributed by atoms with Crippen molar-refractivity contribution in [2.45, 2.75) is 170 Å². The van der Waals surface area contributed by atoms with Gasteiger partial charge in [0.05, 0.1) is 0 Å². The van der Waals surface area contributed by atoms with Crippen molar-refractivity contribution >= 4 is 68.9 Å². The average molecular weight is 897 g/mol. The second-order valence-corrected chi connectivity index (χ2v) is 26.0. The lowest BCUT2D eigenvalue weighted by atomic mass is 9.33. The van der Waals surface area contributed by atoms with Crippen LogP contribution in [-0.4, -0.2) is 6.71 Å². The van der Waals surface area contributed by atoms with Gasteiger partial charge in [0.2, 0.25) is 0 Å². The van der Waals surface area contributed by atoms with Gasteiger partial charge in [0.25, 0.3) is 6.71 Å². The van der Waals surface area contributed by atoms with E-state index in [9.17, 15) is 0 Å². The van der Waals surface area contributed by atoms with Crippen molar-refractivity contribution < 1.29 is 0 Å². The first-order valence-electron chi connectivity index (χ1n) is 25.9. The van der Waals surface area contributed by atoms with Crippen LogP contribution < -0.4 is 26.2 Å². The maximum Gasteiger partial charge on any atom is 0.252 e. The lowest BCUT2D eigenvalue weighted by Crippen LogP contribution is -2.61. The molecule has 4 aliphatic rings. The van der Waals surface area contributed by atoms with Gasteiger partial charge in [-0.25, -0.2) is 0 Å². The number of hydrogen-bond donors (Lipinski definition) is 0. The van der Waals surface area contributed by atoms with Crippen molar-refractivity contribution in [3.8, 4) is 0 Å². The second kappa shape index (κ2) is 15.6. The summed E-state index contributed by atoms with van der Waals surface area (Å²) in [6.07, 6.45) is 8.94. The Balaban J connectivity index is 1.24. The Hall–Kier alpha value is -5.28. The summed E-state index contributed by atoms with van der Waals surface area (Å²) in [5.41, 5.74) is 25.9. The van der Waals surface area contributed by atoms with Gasteiger partial charge in [-0.2, -0.15) is 0 Å². The molecule has 0 amide bonds. The Morgan fingerprint density at radius 2 is 1.01 bits per heavy atom. The van der Waals surface area contributed by atoms with E-state index in [2.05, 4.69) is 236 Å². The van der Waals surface area contributed by atoms with Crippen molar-refractivity contribution in [3.63, 3.8) is 0 Å². The largest absolute Gasteiger partial charge is 0.311 e. The molecule has 6 aromatic rings. The first-order valence-corrected chi connectivity index (χ1v) is 25.9. The minimum Gasteiger partial charge on any atom is -0.311 e. The lowest BCUT2D eigenvalue weighted by Gasteiger charge is -2.45. The molecule has 0 bridgehead atoms. The third-order valence-corrected chi connectivity index (χ3v) is 17.1. The van der Waals surface area contributed by atoms with Gasteiger partial charge in [0, 0.05) is 45.0 Å². The Morgan fingerprint density at radius 3 is 1.63 bits per heavy atom. The fourth-order valence-corrected chi connectivity index (χ4v) is 12.7. The zero-order valence-electron chi connectivity index (χ0n) is 44.5. The van der Waals surface area contributed by atoms with Gasteiger partial charge in [-0.3, -0.25) is 0 Å². The fraction of sp³-hybridized carbons (Fsp3) is 0.415. The first-order chi connectivity index (χ1) is 31.8. The second-order valence-electron chi connectivity index (χ2n) is 26.0. The van der Waals surface area contributed by atoms with Crippen LogP contribution >= 0.6 is 0 Å². The smallest absolute Gasteiger partial charge is 0.252 e. The Morgan fingerprint density at radius 1 is 0.471 bits per heavy atom. The number of fused-ring (bicyclic) bond motifs is 7. The van der Waals surface area contributed by atoms with Gasteiger partial charge in [-0.1, -0.05) is 189 Å². The molecule has 0 saturated heterocycles. The summed E-state index contributed by atoms with van der Waals surface area (Å²) in [5.74, 6) is 0. The number of aryl methyl sites for hydroxylation is 2. The summed E-state index contributed by atoms with van der Waals surface area (Å²) in [4.78, 5) is 5.22. The molecule has 10 rings (SSSR count). The molecule has 0 radical (unpaired) electrons. The molecule has 3 heteroatoms. The van der Waals surface area contributed by atoms with Crippen LogP contribution in [0.25, 0.3) is 11.6 Å². The molecule has 6 aromatic carbocycles. The molecule has 68 heavy (non-hydrogen) atoms. The molecule has 1 fully saturated rings.